The van der Waals surface area contributed by atoms with Gasteiger partial charge in [-0.2, -0.15) is 0 Å². The maximum Gasteiger partial charge on any atom is 0.335 e. The molecule has 3 aromatic heterocycles. The quantitative estimate of drug-likeness (QED) is 0.765. The molecule has 3 rings (SSSR count). The Morgan fingerprint density at radius 3 is 3.05 bits per heavy atom. The molecule has 2 N–H and O–H groups in total. The molecule has 0 saturated heterocycles. The number of carbonyl (C=O) groups is 1. The first-order chi connectivity index (χ1) is 9.74. The van der Waals surface area contributed by atoms with Crippen molar-refractivity contribution in [2.75, 3.05) is 5.32 Å². The molecule has 100 valence electrons. The van der Waals surface area contributed by atoms with Gasteiger partial charge in [-0.3, -0.25) is 4.98 Å². The van der Waals surface area contributed by atoms with E-state index in [1.165, 1.54) is 18.6 Å². The van der Waals surface area contributed by atoms with E-state index in [1.807, 2.05) is 11.4 Å². The zero-order valence-corrected chi connectivity index (χ0v) is 11.1. The Morgan fingerprint density at radius 2 is 2.20 bits per heavy atom. The summed E-state index contributed by atoms with van der Waals surface area (Å²) in [7, 11) is 0. The lowest BCUT2D eigenvalue weighted by Crippen LogP contribution is -2.05. The monoisotopic (exact) mass is 286 g/mol. The van der Waals surface area contributed by atoms with Crippen molar-refractivity contribution in [3.63, 3.8) is 0 Å². The van der Waals surface area contributed by atoms with E-state index in [0.29, 0.717) is 12.2 Å². The minimum atomic E-state index is -0.962. The number of pyridine rings is 1. The molecule has 0 atom stereocenters. The van der Waals surface area contributed by atoms with Crippen molar-refractivity contribution >= 4 is 33.3 Å². The minimum Gasteiger partial charge on any atom is -0.478 e. The van der Waals surface area contributed by atoms with Crippen LogP contribution in [0.5, 0.6) is 0 Å². The van der Waals surface area contributed by atoms with Gasteiger partial charge >= 0.3 is 5.97 Å². The fraction of sp³-hybridized carbons (Fsp3) is 0.0769. The summed E-state index contributed by atoms with van der Waals surface area (Å²) in [6.07, 6.45) is 2.99. The minimum absolute atomic E-state index is 0.223. The highest BCUT2D eigenvalue weighted by Crippen LogP contribution is 2.24. The van der Waals surface area contributed by atoms with Crippen molar-refractivity contribution in [3.8, 4) is 0 Å². The van der Waals surface area contributed by atoms with Crippen molar-refractivity contribution in [2.24, 2.45) is 0 Å². The van der Waals surface area contributed by atoms with Crippen molar-refractivity contribution in [1.82, 2.24) is 15.0 Å². The first-order valence-corrected chi connectivity index (χ1v) is 6.72. The fourth-order valence-electron chi connectivity index (χ4n) is 1.80. The van der Waals surface area contributed by atoms with E-state index < -0.39 is 5.97 Å². The second kappa shape index (κ2) is 5.22. The molecule has 0 unspecified atom stereocenters. The summed E-state index contributed by atoms with van der Waals surface area (Å²) in [6.45, 7) is 0.408. The van der Waals surface area contributed by atoms with Gasteiger partial charge in [0.25, 0.3) is 0 Å². The number of carboxylic acids is 1. The number of hydrogen-bond donors (Lipinski definition) is 2. The number of carboxylic acid groups (broad SMARTS) is 1. The molecule has 7 heteroatoms. The molecular weight excluding hydrogens is 276 g/mol. The number of nitrogens with one attached hydrogen (secondary N) is 1. The first-order valence-electron chi connectivity index (χ1n) is 5.84. The van der Waals surface area contributed by atoms with Crippen LogP contribution in [0.1, 0.15) is 16.1 Å². The van der Waals surface area contributed by atoms with E-state index in [2.05, 4.69) is 20.3 Å². The number of nitrogens with zero attached hydrogens (tertiary/aromatic N) is 3. The molecule has 3 heterocycles. The molecule has 0 aliphatic rings. The number of anilines is 1. The number of aromatic carboxylic acids is 1. The zero-order chi connectivity index (χ0) is 13.9. The third-order valence-electron chi connectivity index (χ3n) is 2.74. The molecule has 0 aromatic carbocycles. The van der Waals surface area contributed by atoms with Gasteiger partial charge in [0, 0.05) is 6.20 Å². The van der Waals surface area contributed by atoms with E-state index in [4.69, 9.17) is 5.11 Å². The van der Waals surface area contributed by atoms with Crippen LogP contribution in [0, 0.1) is 0 Å². The number of rotatable bonds is 4. The number of aromatic nitrogens is 3. The Morgan fingerprint density at radius 1 is 1.30 bits per heavy atom. The highest BCUT2D eigenvalue weighted by atomic mass is 32.1. The summed E-state index contributed by atoms with van der Waals surface area (Å²) in [5.41, 5.74) is 1.76. The highest BCUT2D eigenvalue weighted by Gasteiger charge is 2.07. The lowest BCUT2D eigenvalue weighted by atomic mass is 10.2. The number of hydrogen-bond acceptors (Lipinski definition) is 6. The third kappa shape index (κ3) is 2.43. The summed E-state index contributed by atoms with van der Waals surface area (Å²) in [5, 5.41) is 14.1. The van der Waals surface area contributed by atoms with Gasteiger partial charge in [-0.25, -0.2) is 14.8 Å². The Labute approximate surface area is 118 Å². The van der Waals surface area contributed by atoms with Crippen LogP contribution in [0.3, 0.4) is 0 Å². The Hall–Kier alpha value is -2.54. The molecule has 0 saturated carbocycles. The van der Waals surface area contributed by atoms with Crippen molar-refractivity contribution in [1.29, 1.82) is 0 Å². The number of thiophene rings is 1. The molecule has 0 fully saturated rings. The zero-order valence-electron chi connectivity index (χ0n) is 10.3. The van der Waals surface area contributed by atoms with Gasteiger partial charge in [0.1, 0.15) is 12.1 Å². The Kier molecular flexibility index (Phi) is 3.26. The van der Waals surface area contributed by atoms with Crippen LogP contribution < -0.4 is 5.32 Å². The van der Waals surface area contributed by atoms with Crippen LogP contribution in [-0.2, 0) is 6.54 Å². The largest absolute Gasteiger partial charge is 0.478 e. The Bertz CT molecular complexity index is 772. The van der Waals surface area contributed by atoms with Gasteiger partial charge in [-0.15, -0.1) is 11.3 Å². The standard InChI is InChI=1S/C13H10N4O2S/c18-13(19)8-1-3-14-9(5-8)6-15-12-11-10(2-4-20-11)16-7-17-12/h1-5,7H,6H2,(H,18,19)(H,15,16,17). The summed E-state index contributed by atoms with van der Waals surface area (Å²) in [4.78, 5) is 23.4. The van der Waals surface area contributed by atoms with Gasteiger partial charge in [0.2, 0.25) is 0 Å². The molecule has 6 nitrogen and oxygen atoms in total. The van der Waals surface area contributed by atoms with Gasteiger partial charge in [0.05, 0.1) is 28.0 Å². The van der Waals surface area contributed by atoms with Crippen LogP contribution >= 0.6 is 11.3 Å². The van der Waals surface area contributed by atoms with Crippen LogP contribution in [0.15, 0.2) is 36.1 Å². The maximum atomic E-state index is 10.9. The van der Waals surface area contributed by atoms with Crippen molar-refractivity contribution < 1.29 is 9.90 Å². The van der Waals surface area contributed by atoms with Crippen LogP contribution in [0.25, 0.3) is 10.2 Å². The summed E-state index contributed by atoms with van der Waals surface area (Å²) >= 11 is 1.56. The number of fused-ring (bicyclic) bond motifs is 1. The molecule has 0 bridgehead atoms. The van der Waals surface area contributed by atoms with Gasteiger partial charge in [-0.05, 0) is 23.6 Å². The Balaban J connectivity index is 1.81. The third-order valence-corrected chi connectivity index (χ3v) is 3.65. The predicted molar refractivity (Wildman–Crippen MR) is 75.9 cm³/mol. The van der Waals surface area contributed by atoms with E-state index in [-0.39, 0.29) is 5.56 Å². The molecule has 0 amide bonds. The van der Waals surface area contributed by atoms with E-state index in [0.717, 1.165) is 16.0 Å². The van der Waals surface area contributed by atoms with E-state index in [1.54, 1.807) is 17.4 Å². The molecule has 0 aliphatic carbocycles. The van der Waals surface area contributed by atoms with Gasteiger partial charge in [-0.1, -0.05) is 0 Å². The average molecular weight is 286 g/mol. The molecule has 3 aromatic rings. The smallest absolute Gasteiger partial charge is 0.335 e. The summed E-state index contributed by atoms with van der Waals surface area (Å²) < 4.78 is 0.974. The normalized spacial score (nSPS) is 10.6. The summed E-state index contributed by atoms with van der Waals surface area (Å²) in [6, 6.07) is 4.94. The average Bonchev–Trinajstić information content (AvgIpc) is 2.94. The molecule has 0 spiro atoms. The van der Waals surface area contributed by atoms with Crippen LogP contribution in [0.2, 0.25) is 0 Å². The first kappa shape index (κ1) is 12.5. The van der Waals surface area contributed by atoms with Crippen molar-refractivity contribution in [3.05, 3.63) is 47.4 Å². The second-order valence-corrected chi connectivity index (χ2v) is 4.97. The van der Waals surface area contributed by atoms with Gasteiger partial charge < -0.3 is 10.4 Å². The lowest BCUT2D eigenvalue weighted by molar-refractivity contribution is 0.0696. The second-order valence-electron chi connectivity index (χ2n) is 4.05. The molecule has 20 heavy (non-hydrogen) atoms. The van der Waals surface area contributed by atoms with E-state index >= 15 is 0 Å². The SMILES string of the molecule is O=C(O)c1ccnc(CNc2ncnc3ccsc23)c1. The molecule has 0 aliphatic heterocycles. The maximum absolute atomic E-state index is 10.9. The van der Waals surface area contributed by atoms with E-state index in [9.17, 15) is 4.79 Å². The van der Waals surface area contributed by atoms with Gasteiger partial charge in [0.15, 0.2) is 0 Å². The molecular formula is C13H10N4O2S. The molecule has 0 radical (unpaired) electrons. The lowest BCUT2D eigenvalue weighted by Gasteiger charge is -2.06. The highest BCUT2D eigenvalue weighted by molar-refractivity contribution is 7.17. The predicted octanol–water partition coefficient (Wildman–Crippen LogP) is 2.40. The van der Waals surface area contributed by atoms with Crippen LogP contribution in [0.4, 0.5) is 5.82 Å². The van der Waals surface area contributed by atoms with Crippen molar-refractivity contribution in [2.45, 2.75) is 6.54 Å². The fourth-order valence-corrected chi connectivity index (χ4v) is 2.61. The topological polar surface area (TPSA) is 88.0 Å². The van der Waals surface area contributed by atoms with Crippen LogP contribution in [-0.4, -0.2) is 26.0 Å². The summed E-state index contributed by atoms with van der Waals surface area (Å²) in [5.74, 6) is -0.233.